The highest BCUT2D eigenvalue weighted by Gasteiger charge is 2.35. The number of likely N-dealkylation sites (tertiary alicyclic amines) is 1. The zero-order valence-electron chi connectivity index (χ0n) is 14.4. The lowest BCUT2D eigenvalue weighted by Gasteiger charge is -2.35. The van der Waals surface area contributed by atoms with Crippen LogP contribution in [0.1, 0.15) is 44.9 Å². The van der Waals surface area contributed by atoms with Gasteiger partial charge in [0, 0.05) is 19.6 Å². The van der Waals surface area contributed by atoms with Gasteiger partial charge in [-0.3, -0.25) is 4.79 Å². The molecule has 1 saturated heterocycles. The molecule has 3 N–H and O–H groups in total. The third-order valence-corrected chi connectivity index (χ3v) is 5.32. The molecule has 2 rings (SSSR count). The minimum atomic E-state index is -0.593. The Balaban J connectivity index is 1.65. The first-order valence-corrected chi connectivity index (χ1v) is 8.94. The second-order valence-corrected chi connectivity index (χ2v) is 7.52. The van der Waals surface area contributed by atoms with Gasteiger partial charge in [0.15, 0.2) is 0 Å². The normalized spacial score (nSPS) is 23.6. The van der Waals surface area contributed by atoms with Gasteiger partial charge in [0.05, 0.1) is 5.54 Å². The summed E-state index contributed by atoms with van der Waals surface area (Å²) in [6.45, 7) is 5.39. The number of likely N-dealkylation sites (N-methyl/N-ethyl adjacent to an activating group) is 1. The summed E-state index contributed by atoms with van der Waals surface area (Å²) in [6, 6.07) is 0. The van der Waals surface area contributed by atoms with Crippen molar-refractivity contribution in [3.8, 4) is 0 Å². The van der Waals surface area contributed by atoms with E-state index in [4.69, 9.17) is 5.73 Å². The number of hydrogen-bond acceptors (Lipinski definition) is 4. The van der Waals surface area contributed by atoms with E-state index in [-0.39, 0.29) is 5.91 Å². The van der Waals surface area contributed by atoms with Gasteiger partial charge in [-0.2, -0.15) is 0 Å². The summed E-state index contributed by atoms with van der Waals surface area (Å²) in [4.78, 5) is 17.1. The van der Waals surface area contributed by atoms with Crippen molar-refractivity contribution >= 4 is 5.91 Å². The molecule has 5 nitrogen and oxygen atoms in total. The fourth-order valence-corrected chi connectivity index (χ4v) is 3.58. The van der Waals surface area contributed by atoms with Gasteiger partial charge >= 0.3 is 0 Å². The topological polar surface area (TPSA) is 61.6 Å². The second kappa shape index (κ2) is 8.27. The molecule has 0 aromatic rings. The van der Waals surface area contributed by atoms with Crippen LogP contribution in [0.3, 0.4) is 0 Å². The third kappa shape index (κ3) is 5.21. The summed E-state index contributed by atoms with van der Waals surface area (Å²) in [6.07, 6.45) is 7.47. The lowest BCUT2D eigenvalue weighted by Crippen LogP contribution is -2.56. The van der Waals surface area contributed by atoms with Crippen LogP contribution < -0.4 is 11.1 Å². The van der Waals surface area contributed by atoms with E-state index < -0.39 is 5.54 Å². The maximum absolute atomic E-state index is 12.4. The van der Waals surface area contributed by atoms with Gasteiger partial charge in [-0.15, -0.1) is 0 Å². The fourth-order valence-electron chi connectivity index (χ4n) is 3.58. The summed E-state index contributed by atoms with van der Waals surface area (Å²) < 4.78 is 0. The standard InChI is InChI=1S/C17H34N4O/c1-20(2)12-13-21-10-6-15(7-11-21)14-19-16(22)17(18)8-4-3-5-9-17/h15H,3-14,18H2,1-2H3,(H,19,22). The molecule has 1 heterocycles. The predicted molar refractivity (Wildman–Crippen MR) is 90.7 cm³/mol. The minimum absolute atomic E-state index is 0.0854. The van der Waals surface area contributed by atoms with Crippen LogP contribution in [0.4, 0.5) is 0 Å². The third-order valence-electron chi connectivity index (χ3n) is 5.32. The SMILES string of the molecule is CN(C)CCN1CCC(CNC(=O)C2(N)CCCCC2)CC1. The molecule has 0 unspecified atom stereocenters. The number of nitrogens with two attached hydrogens (primary N) is 1. The van der Waals surface area contributed by atoms with E-state index in [9.17, 15) is 4.79 Å². The van der Waals surface area contributed by atoms with Crippen molar-refractivity contribution in [2.24, 2.45) is 11.7 Å². The molecule has 0 spiro atoms. The van der Waals surface area contributed by atoms with Gasteiger partial charge in [-0.05, 0) is 58.8 Å². The predicted octanol–water partition coefficient (Wildman–Crippen LogP) is 1.04. The second-order valence-electron chi connectivity index (χ2n) is 7.52. The minimum Gasteiger partial charge on any atom is -0.354 e. The Morgan fingerprint density at radius 3 is 2.45 bits per heavy atom. The van der Waals surface area contributed by atoms with Gasteiger partial charge < -0.3 is 20.9 Å². The van der Waals surface area contributed by atoms with Crippen molar-refractivity contribution in [1.29, 1.82) is 0 Å². The fraction of sp³-hybridized carbons (Fsp3) is 0.941. The summed E-state index contributed by atoms with van der Waals surface area (Å²) in [7, 11) is 4.24. The van der Waals surface area contributed by atoms with Gasteiger partial charge in [-0.1, -0.05) is 19.3 Å². The lowest BCUT2D eigenvalue weighted by molar-refractivity contribution is -0.127. The molecule has 1 aliphatic carbocycles. The number of amides is 1. The van der Waals surface area contributed by atoms with E-state index >= 15 is 0 Å². The van der Waals surface area contributed by atoms with E-state index in [0.717, 1.165) is 58.4 Å². The zero-order valence-corrected chi connectivity index (χ0v) is 14.4. The Kier molecular flexibility index (Phi) is 6.66. The molecule has 0 radical (unpaired) electrons. The molecule has 0 atom stereocenters. The van der Waals surface area contributed by atoms with Crippen molar-refractivity contribution in [1.82, 2.24) is 15.1 Å². The van der Waals surface area contributed by atoms with Crippen molar-refractivity contribution in [2.45, 2.75) is 50.5 Å². The van der Waals surface area contributed by atoms with Crippen LogP contribution in [0.25, 0.3) is 0 Å². The van der Waals surface area contributed by atoms with Crippen molar-refractivity contribution in [3.63, 3.8) is 0 Å². The van der Waals surface area contributed by atoms with Crippen LogP contribution in [0.15, 0.2) is 0 Å². The Hall–Kier alpha value is -0.650. The number of hydrogen-bond donors (Lipinski definition) is 2. The van der Waals surface area contributed by atoms with Gasteiger partial charge in [0.1, 0.15) is 0 Å². The molecular weight excluding hydrogens is 276 g/mol. The number of carbonyl (C=O) groups is 1. The molecule has 1 aliphatic heterocycles. The molecule has 0 bridgehead atoms. The number of carbonyl (C=O) groups excluding carboxylic acids is 1. The van der Waals surface area contributed by atoms with E-state index in [0.29, 0.717) is 5.92 Å². The maximum atomic E-state index is 12.4. The van der Waals surface area contributed by atoms with E-state index in [1.807, 2.05) is 0 Å². The number of rotatable bonds is 6. The van der Waals surface area contributed by atoms with Gasteiger partial charge in [0.2, 0.25) is 5.91 Å². The molecule has 0 aromatic heterocycles. The van der Waals surface area contributed by atoms with Crippen LogP contribution in [-0.4, -0.2) is 68.1 Å². The molecule has 1 saturated carbocycles. The summed E-state index contributed by atoms with van der Waals surface area (Å²) in [5.41, 5.74) is 5.69. The van der Waals surface area contributed by atoms with Crippen LogP contribution in [0.2, 0.25) is 0 Å². The Labute approximate surface area is 135 Å². The highest BCUT2D eigenvalue weighted by Crippen LogP contribution is 2.26. The highest BCUT2D eigenvalue weighted by atomic mass is 16.2. The Bertz CT molecular complexity index is 345. The summed E-state index contributed by atoms with van der Waals surface area (Å²) >= 11 is 0. The van der Waals surface area contributed by atoms with E-state index in [1.165, 1.54) is 19.3 Å². The molecule has 2 fully saturated rings. The Morgan fingerprint density at radius 2 is 1.86 bits per heavy atom. The number of piperidine rings is 1. The largest absolute Gasteiger partial charge is 0.354 e. The molecule has 22 heavy (non-hydrogen) atoms. The highest BCUT2D eigenvalue weighted by molar-refractivity contribution is 5.86. The first-order chi connectivity index (χ1) is 10.5. The molecule has 2 aliphatic rings. The quantitative estimate of drug-likeness (QED) is 0.769. The molecule has 1 amide bonds. The molecule has 128 valence electrons. The Morgan fingerprint density at radius 1 is 1.23 bits per heavy atom. The first kappa shape index (κ1) is 17.7. The van der Waals surface area contributed by atoms with Crippen molar-refractivity contribution in [3.05, 3.63) is 0 Å². The van der Waals surface area contributed by atoms with Crippen molar-refractivity contribution < 1.29 is 4.79 Å². The molecular formula is C17H34N4O. The van der Waals surface area contributed by atoms with Crippen LogP contribution in [-0.2, 0) is 4.79 Å². The summed E-state index contributed by atoms with van der Waals surface area (Å²) in [5, 5.41) is 3.14. The first-order valence-electron chi connectivity index (χ1n) is 8.94. The molecule has 5 heteroatoms. The van der Waals surface area contributed by atoms with E-state index in [2.05, 4.69) is 29.2 Å². The smallest absolute Gasteiger partial charge is 0.240 e. The maximum Gasteiger partial charge on any atom is 0.240 e. The number of nitrogens with one attached hydrogen (secondary N) is 1. The average Bonchev–Trinajstić information content (AvgIpc) is 2.52. The van der Waals surface area contributed by atoms with Crippen LogP contribution in [0.5, 0.6) is 0 Å². The summed E-state index contributed by atoms with van der Waals surface area (Å²) in [5.74, 6) is 0.703. The van der Waals surface area contributed by atoms with Crippen LogP contribution in [0, 0.1) is 5.92 Å². The molecule has 0 aromatic carbocycles. The zero-order chi connectivity index (χ0) is 16.0. The number of nitrogens with zero attached hydrogens (tertiary/aromatic N) is 2. The van der Waals surface area contributed by atoms with E-state index in [1.54, 1.807) is 0 Å². The van der Waals surface area contributed by atoms with Crippen molar-refractivity contribution in [2.75, 3.05) is 46.8 Å². The average molecular weight is 310 g/mol. The monoisotopic (exact) mass is 310 g/mol. The van der Waals surface area contributed by atoms with Gasteiger partial charge in [0.25, 0.3) is 0 Å². The van der Waals surface area contributed by atoms with Crippen LogP contribution >= 0.6 is 0 Å². The lowest BCUT2D eigenvalue weighted by atomic mass is 9.81. The van der Waals surface area contributed by atoms with Gasteiger partial charge in [-0.25, -0.2) is 0 Å².